The Kier molecular flexibility index (Phi) is 13.5. The van der Waals surface area contributed by atoms with Gasteiger partial charge < -0.3 is 15.3 Å². The van der Waals surface area contributed by atoms with Crippen molar-refractivity contribution in [3.63, 3.8) is 0 Å². The number of carbonyl (C=O) groups is 1. The van der Waals surface area contributed by atoms with Crippen molar-refractivity contribution < 1.29 is 9.90 Å². The van der Waals surface area contributed by atoms with Crippen LogP contribution in [0.1, 0.15) is 38.5 Å². The molecule has 2 rings (SSSR count). The molecule has 2 aliphatic rings. The zero-order valence-electron chi connectivity index (χ0n) is 13.0. The van der Waals surface area contributed by atoms with Crippen LogP contribution in [0.3, 0.4) is 0 Å². The fraction of sp³-hybridized carbons (Fsp3) is 0.688. The summed E-state index contributed by atoms with van der Waals surface area (Å²) in [6.45, 7) is 3.99. The van der Waals surface area contributed by atoms with Crippen molar-refractivity contribution in [2.45, 2.75) is 38.5 Å². The predicted molar refractivity (Wildman–Crippen MR) is 84.6 cm³/mol. The highest BCUT2D eigenvalue weighted by Gasteiger charge is 2.10. The molecule has 0 unspecified atom stereocenters. The summed E-state index contributed by atoms with van der Waals surface area (Å²) in [7, 11) is 2.56. The number of allylic oxidation sites excluding steroid dienone is 4. The molecule has 0 radical (unpaired) electrons. The molecule has 1 saturated heterocycles. The van der Waals surface area contributed by atoms with Gasteiger partial charge >= 0.3 is 0 Å². The van der Waals surface area contributed by atoms with Crippen molar-refractivity contribution in [2.75, 3.05) is 33.8 Å². The number of nitrogens with one attached hydrogen (secondary N) is 1. The fourth-order valence-electron chi connectivity index (χ4n) is 2.37. The van der Waals surface area contributed by atoms with E-state index in [2.05, 4.69) is 28.4 Å². The first-order chi connectivity index (χ1) is 9.86. The maximum atomic E-state index is 9.06. The molecule has 1 fully saturated rings. The van der Waals surface area contributed by atoms with Gasteiger partial charge in [0, 0.05) is 14.2 Å². The average molecular weight is 282 g/mol. The molecule has 0 atom stereocenters. The fourth-order valence-corrected chi connectivity index (χ4v) is 2.37. The lowest BCUT2D eigenvalue weighted by atomic mass is 10.0. The zero-order valence-corrected chi connectivity index (χ0v) is 13.0. The van der Waals surface area contributed by atoms with Gasteiger partial charge in [0.25, 0.3) is 0 Å². The minimum atomic E-state index is 0.625. The third kappa shape index (κ3) is 9.75. The number of rotatable bonds is 5. The van der Waals surface area contributed by atoms with E-state index < -0.39 is 0 Å². The zero-order chi connectivity index (χ0) is 15.1. The van der Waals surface area contributed by atoms with Crippen LogP contribution in [0.2, 0.25) is 0 Å². The Morgan fingerprint density at radius 3 is 2.45 bits per heavy atom. The highest BCUT2D eigenvalue weighted by Crippen LogP contribution is 2.16. The second-order valence-electron chi connectivity index (χ2n) is 4.82. The molecule has 0 aromatic heterocycles. The molecule has 4 nitrogen and oxygen atoms in total. The van der Waals surface area contributed by atoms with E-state index in [1.807, 2.05) is 0 Å². The van der Waals surface area contributed by atoms with Crippen LogP contribution in [0.25, 0.3) is 0 Å². The summed E-state index contributed by atoms with van der Waals surface area (Å²) in [6.07, 6.45) is 15.6. The van der Waals surface area contributed by atoms with Gasteiger partial charge in [-0.05, 0) is 58.2 Å². The number of aliphatic hydroxyl groups is 1. The number of aliphatic hydroxyl groups excluding tert-OH is 1. The van der Waals surface area contributed by atoms with Crippen LogP contribution in [0, 0.1) is 0 Å². The van der Waals surface area contributed by atoms with Crippen molar-refractivity contribution in [2.24, 2.45) is 0 Å². The van der Waals surface area contributed by atoms with Crippen LogP contribution in [-0.4, -0.2) is 50.2 Å². The second-order valence-corrected chi connectivity index (χ2v) is 4.82. The van der Waals surface area contributed by atoms with Gasteiger partial charge in [0.15, 0.2) is 0 Å². The smallest absolute Gasteiger partial charge is 0.206 e. The summed E-state index contributed by atoms with van der Waals surface area (Å²) in [6, 6.07) is 0. The highest BCUT2D eigenvalue weighted by atomic mass is 16.2. The SMILES string of the molecule is C1=CC(CCCN2CCCC2)=CCC1.CNC=O.CO. The molecule has 2 N–H and O–H groups in total. The van der Waals surface area contributed by atoms with Crippen molar-refractivity contribution in [3.05, 3.63) is 23.8 Å². The standard InChI is InChI=1S/C13H21N.C2H5NO.CH4O/c1-2-7-13(8-3-1)9-6-12-14-10-4-5-11-14;1-3-2-4;1-2/h2,7-8H,1,3-6,9-12H2;2H,1H3,(H,3,4);2H,1H3. The quantitative estimate of drug-likeness (QED) is 0.759. The van der Waals surface area contributed by atoms with Gasteiger partial charge in [-0.2, -0.15) is 0 Å². The lowest BCUT2D eigenvalue weighted by Gasteiger charge is -2.14. The molecule has 1 heterocycles. The first kappa shape index (κ1) is 18.9. The molecule has 1 aliphatic carbocycles. The Hall–Kier alpha value is -1.13. The summed E-state index contributed by atoms with van der Waals surface area (Å²) >= 11 is 0. The van der Waals surface area contributed by atoms with Crippen LogP contribution in [-0.2, 0) is 4.79 Å². The van der Waals surface area contributed by atoms with Crippen LogP contribution in [0.5, 0.6) is 0 Å². The number of amides is 1. The molecule has 4 heteroatoms. The normalized spacial score (nSPS) is 17.2. The van der Waals surface area contributed by atoms with E-state index in [-0.39, 0.29) is 0 Å². The lowest BCUT2D eigenvalue weighted by molar-refractivity contribution is -0.109. The molecule has 0 aromatic carbocycles. The summed E-state index contributed by atoms with van der Waals surface area (Å²) in [5.41, 5.74) is 1.57. The van der Waals surface area contributed by atoms with Gasteiger partial charge in [-0.3, -0.25) is 4.79 Å². The van der Waals surface area contributed by atoms with E-state index in [4.69, 9.17) is 9.90 Å². The lowest BCUT2D eigenvalue weighted by Crippen LogP contribution is -2.20. The summed E-state index contributed by atoms with van der Waals surface area (Å²) in [5, 5.41) is 9.25. The molecule has 0 saturated carbocycles. The van der Waals surface area contributed by atoms with Crippen molar-refractivity contribution in [1.29, 1.82) is 0 Å². The number of hydrogen-bond acceptors (Lipinski definition) is 3. The van der Waals surface area contributed by atoms with Gasteiger partial charge in [0.05, 0.1) is 0 Å². The van der Waals surface area contributed by atoms with E-state index in [0.29, 0.717) is 6.41 Å². The number of likely N-dealkylation sites (tertiary alicyclic amines) is 1. The van der Waals surface area contributed by atoms with E-state index in [1.54, 1.807) is 12.6 Å². The molecule has 1 aliphatic heterocycles. The number of hydrogen-bond donors (Lipinski definition) is 2. The molecule has 0 aromatic rings. The Balaban J connectivity index is 0.000000521. The summed E-state index contributed by atoms with van der Waals surface area (Å²) < 4.78 is 0. The summed E-state index contributed by atoms with van der Waals surface area (Å²) in [4.78, 5) is 11.7. The molecular formula is C16H30N2O2. The van der Waals surface area contributed by atoms with E-state index in [9.17, 15) is 0 Å². The predicted octanol–water partition coefficient (Wildman–Crippen LogP) is 2.11. The Bertz CT molecular complexity index is 282. The molecule has 1 amide bonds. The Morgan fingerprint density at radius 1 is 1.30 bits per heavy atom. The maximum Gasteiger partial charge on any atom is 0.206 e. The third-order valence-corrected chi connectivity index (χ3v) is 3.33. The summed E-state index contributed by atoms with van der Waals surface area (Å²) in [5.74, 6) is 0. The maximum absolute atomic E-state index is 9.06. The van der Waals surface area contributed by atoms with Gasteiger partial charge in [0.1, 0.15) is 0 Å². The molecule has 20 heavy (non-hydrogen) atoms. The minimum absolute atomic E-state index is 0.625. The second kappa shape index (κ2) is 14.3. The monoisotopic (exact) mass is 282 g/mol. The first-order valence-electron chi connectivity index (χ1n) is 7.50. The van der Waals surface area contributed by atoms with Gasteiger partial charge in [-0.1, -0.05) is 23.8 Å². The van der Waals surface area contributed by atoms with E-state index in [0.717, 1.165) is 7.11 Å². The topological polar surface area (TPSA) is 52.6 Å². The minimum Gasteiger partial charge on any atom is -0.400 e. The molecule has 0 spiro atoms. The molecule has 116 valence electrons. The van der Waals surface area contributed by atoms with Gasteiger partial charge in [-0.15, -0.1) is 0 Å². The Morgan fingerprint density at radius 2 is 1.95 bits per heavy atom. The highest BCUT2D eigenvalue weighted by molar-refractivity contribution is 5.44. The number of carbonyl (C=O) groups excluding carboxylic acids is 1. The van der Waals surface area contributed by atoms with Crippen LogP contribution in [0.4, 0.5) is 0 Å². The van der Waals surface area contributed by atoms with Gasteiger partial charge in [0.2, 0.25) is 6.41 Å². The average Bonchev–Trinajstić information content (AvgIpc) is 3.04. The Labute approximate surface area is 123 Å². The third-order valence-electron chi connectivity index (χ3n) is 3.33. The van der Waals surface area contributed by atoms with Crippen molar-refractivity contribution in [1.82, 2.24) is 10.2 Å². The van der Waals surface area contributed by atoms with Crippen LogP contribution < -0.4 is 5.32 Å². The molecule has 0 bridgehead atoms. The van der Waals surface area contributed by atoms with Crippen molar-refractivity contribution >= 4 is 6.41 Å². The van der Waals surface area contributed by atoms with E-state index >= 15 is 0 Å². The van der Waals surface area contributed by atoms with Crippen molar-refractivity contribution in [3.8, 4) is 0 Å². The van der Waals surface area contributed by atoms with Gasteiger partial charge in [-0.25, -0.2) is 0 Å². The first-order valence-corrected chi connectivity index (χ1v) is 7.50. The van der Waals surface area contributed by atoms with E-state index in [1.165, 1.54) is 58.2 Å². The largest absolute Gasteiger partial charge is 0.400 e. The molecular weight excluding hydrogens is 252 g/mol. The van der Waals surface area contributed by atoms with Crippen LogP contribution in [0.15, 0.2) is 23.8 Å². The number of nitrogens with zero attached hydrogens (tertiary/aromatic N) is 1. The van der Waals surface area contributed by atoms with Crippen LogP contribution >= 0.6 is 0 Å².